The largest absolute Gasteiger partial charge is 0.496 e. The maximum Gasteiger partial charge on any atom is 0.407 e. The highest BCUT2D eigenvalue weighted by atomic mass is 16.6. The number of benzene rings is 1. The number of aliphatic carboxylic acids is 1. The summed E-state index contributed by atoms with van der Waals surface area (Å²) in [5.74, 6) is 0.191. The molecule has 0 aliphatic heterocycles. The fourth-order valence-corrected chi connectivity index (χ4v) is 5.55. The van der Waals surface area contributed by atoms with Gasteiger partial charge in [-0.05, 0) is 55.9 Å². The Labute approximate surface area is 268 Å². The number of methoxy groups -OCH3 is 1. The number of rotatable bonds is 14. The van der Waals surface area contributed by atoms with Crippen LogP contribution in [0.25, 0.3) is 11.0 Å². The molecule has 0 spiro atoms. The fourth-order valence-electron chi connectivity index (χ4n) is 5.55. The molecule has 1 aromatic carbocycles. The normalized spacial score (nSPS) is 18.6. The molecule has 2 heterocycles. The third-order valence-electron chi connectivity index (χ3n) is 8.23. The molecule has 3 aromatic rings. The second-order valence-corrected chi connectivity index (χ2v) is 11.8. The molecule has 13 heteroatoms. The van der Waals surface area contributed by atoms with E-state index in [1.807, 2.05) is 49.5 Å². The summed E-state index contributed by atoms with van der Waals surface area (Å²) < 4.78 is 13.4. The number of hydrogen-bond donors (Lipinski definition) is 5. The van der Waals surface area contributed by atoms with Crippen molar-refractivity contribution in [2.45, 2.75) is 78.0 Å². The first-order valence-electron chi connectivity index (χ1n) is 15.7. The zero-order valence-corrected chi connectivity index (χ0v) is 26.8. The maximum absolute atomic E-state index is 12.7. The molecule has 2 aromatic heterocycles. The summed E-state index contributed by atoms with van der Waals surface area (Å²) in [7, 11) is 1.61. The van der Waals surface area contributed by atoms with Crippen molar-refractivity contribution in [1.29, 1.82) is 0 Å². The Balaban J connectivity index is 1.36. The SMILES string of the molecule is CCCCCNc1nc(N)nc2ccn(Cc3ccc(CNC(=O)O[C@H]4/C=C/CC[C@@](C)(C(=O)NCC(=O)O)CC4)cc3OC)c12. The van der Waals surface area contributed by atoms with Gasteiger partial charge in [0, 0.05) is 30.3 Å². The lowest BCUT2D eigenvalue weighted by Gasteiger charge is -2.30. The summed E-state index contributed by atoms with van der Waals surface area (Å²) in [6, 6.07) is 7.70. The molecule has 0 saturated heterocycles. The summed E-state index contributed by atoms with van der Waals surface area (Å²) in [6.45, 7) is 5.08. The highest BCUT2D eigenvalue weighted by Gasteiger charge is 2.34. The summed E-state index contributed by atoms with van der Waals surface area (Å²) in [4.78, 5) is 45.1. The van der Waals surface area contributed by atoms with Crippen molar-refractivity contribution in [1.82, 2.24) is 25.2 Å². The molecule has 0 radical (unpaired) electrons. The number of hydrogen-bond acceptors (Lipinski definition) is 9. The molecule has 13 nitrogen and oxygen atoms in total. The number of nitrogens with two attached hydrogens (primary N) is 1. The van der Waals surface area contributed by atoms with E-state index in [2.05, 4.69) is 37.4 Å². The van der Waals surface area contributed by atoms with Crippen molar-refractivity contribution in [3.63, 3.8) is 0 Å². The van der Waals surface area contributed by atoms with Crippen LogP contribution in [0.4, 0.5) is 16.6 Å². The van der Waals surface area contributed by atoms with Crippen molar-refractivity contribution >= 4 is 40.8 Å². The van der Waals surface area contributed by atoms with Gasteiger partial charge >= 0.3 is 12.1 Å². The van der Waals surface area contributed by atoms with Gasteiger partial charge in [0.1, 0.15) is 23.9 Å². The number of allylic oxidation sites excluding steroid dienone is 1. The summed E-state index contributed by atoms with van der Waals surface area (Å²) in [6.07, 6.45) is 9.96. The molecule has 1 aliphatic carbocycles. The number of carbonyl (C=O) groups is 3. The summed E-state index contributed by atoms with van der Waals surface area (Å²) in [5, 5.41) is 17.6. The van der Waals surface area contributed by atoms with E-state index in [9.17, 15) is 14.4 Å². The molecule has 1 aliphatic rings. The predicted molar refractivity (Wildman–Crippen MR) is 176 cm³/mol. The first-order chi connectivity index (χ1) is 22.1. The Hall–Kier alpha value is -4.81. The number of aromatic nitrogens is 3. The van der Waals surface area contributed by atoms with Crippen molar-refractivity contribution in [3.05, 3.63) is 53.7 Å². The van der Waals surface area contributed by atoms with Crippen LogP contribution >= 0.6 is 0 Å². The van der Waals surface area contributed by atoms with Gasteiger partial charge in [-0.3, -0.25) is 9.59 Å². The minimum atomic E-state index is -1.09. The van der Waals surface area contributed by atoms with Crippen molar-refractivity contribution in [2.24, 2.45) is 5.41 Å². The number of carboxylic acids is 1. The molecule has 2 amide bonds. The van der Waals surface area contributed by atoms with E-state index in [1.165, 1.54) is 0 Å². The number of unbranched alkanes of at least 4 members (excludes halogenated alkanes) is 2. The van der Waals surface area contributed by atoms with E-state index >= 15 is 0 Å². The Kier molecular flexibility index (Phi) is 11.8. The second-order valence-electron chi connectivity index (χ2n) is 11.8. The first-order valence-corrected chi connectivity index (χ1v) is 15.7. The number of fused-ring (bicyclic) bond motifs is 1. The average Bonchev–Trinajstić information content (AvgIpc) is 3.43. The Morgan fingerprint density at radius 2 is 1.98 bits per heavy atom. The van der Waals surface area contributed by atoms with E-state index in [0.717, 1.165) is 48.0 Å². The zero-order chi connectivity index (χ0) is 33.1. The van der Waals surface area contributed by atoms with E-state index in [1.54, 1.807) is 7.11 Å². The monoisotopic (exact) mass is 635 g/mol. The van der Waals surface area contributed by atoms with Crippen LogP contribution in [0.3, 0.4) is 0 Å². The highest BCUT2D eigenvalue weighted by molar-refractivity contribution is 5.88. The highest BCUT2D eigenvalue weighted by Crippen LogP contribution is 2.33. The van der Waals surface area contributed by atoms with Crippen LogP contribution < -0.4 is 26.4 Å². The van der Waals surface area contributed by atoms with E-state index in [0.29, 0.717) is 43.8 Å². The quantitative estimate of drug-likeness (QED) is 0.124. The lowest BCUT2D eigenvalue weighted by Crippen LogP contribution is -2.42. The maximum atomic E-state index is 12.7. The Bertz CT molecular complexity index is 1550. The number of alkyl carbamates (subject to hydrolysis) is 1. The number of nitrogen functional groups attached to an aromatic ring is 1. The van der Waals surface area contributed by atoms with Gasteiger partial charge < -0.3 is 40.8 Å². The van der Waals surface area contributed by atoms with Gasteiger partial charge in [-0.15, -0.1) is 0 Å². The Morgan fingerprint density at radius 1 is 1.15 bits per heavy atom. The number of amides is 2. The van der Waals surface area contributed by atoms with Crippen LogP contribution in [0.2, 0.25) is 0 Å². The smallest absolute Gasteiger partial charge is 0.407 e. The van der Waals surface area contributed by atoms with Gasteiger partial charge in [-0.2, -0.15) is 4.98 Å². The standard InChI is InChI=1S/C33H45N7O6/c1-4-5-8-16-35-29-28-25(38-31(34)39-29)13-17-40(28)21-23-11-10-22(18-26(23)45-3)19-37-32(44)46-24-9-6-7-14-33(2,15-12-24)30(43)36-20-27(41)42/h6,9-11,13,17-18,24H,4-5,7-8,12,14-16,19-21H2,1-3H3,(H,36,43)(H,37,44)(H,41,42)(H3,34,35,38,39)/b9-6+/t24-,33+/m0/s1. The molecule has 0 saturated carbocycles. The van der Waals surface area contributed by atoms with Gasteiger partial charge in [-0.25, -0.2) is 9.78 Å². The predicted octanol–water partition coefficient (Wildman–Crippen LogP) is 4.60. The van der Waals surface area contributed by atoms with Crippen LogP contribution in [-0.4, -0.2) is 63.9 Å². The minimum absolute atomic E-state index is 0.223. The fraction of sp³-hybridized carbons (Fsp3) is 0.485. The van der Waals surface area contributed by atoms with Crippen LogP contribution in [0.5, 0.6) is 5.75 Å². The molecule has 6 N–H and O–H groups in total. The van der Waals surface area contributed by atoms with Crippen molar-refractivity contribution in [2.75, 3.05) is 31.2 Å². The number of nitrogens with zero attached hydrogens (tertiary/aromatic N) is 3. The molecule has 2 atom stereocenters. The summed E-state index contributed by atoms with van der Waals surface area (Å²) >= 11 is 0. The minimum Gasteiger partial charge on any atom is -0.496 e. The molecular formula is C33H45N7O6. The van der Waals surface area contributed by atoms with Crippen LogP contribution in [-0.2, 0) is 27.4 Å². The van der Waals surface area contributed by atoms with E-state index < -0.39 is 30.1 Å². The van der Waals surface area contributed by atoms with Crippen molar-refractivity contribution < 1.29 is 29.0 Å². The lowest BCUT2D eigenvalue weighted by atomic mass is 9.78. The van der Waals surface area contributed by atoms with E-state index in [-0.39, 0.29) is 18.4 Å². The average molecular weight is 636 g/mol. The Morgan fingerprint density at radius 3 is 2.74 bits per heavy atom. The number of carbonyl (C=O) groups excluding carboxylic acids is 2. The zero-order valence-electron chi connectivity index (χ0n) is 26.8. The molecule has 0 fully saturated rings. The third kappa shape index (κ3) is 9.11. The van der Waals surface area contributed by atoms with Gasteiger partial charge in [0.05, 0.1) is 19.2 Å². The molecule has 0 bridgehead atoms. The number of nitrogens with one attached hydrogen (secondary N) is 3. The molecule has 248 valence electrons. The third-order valence-corrected chi connectivity index (χ3v) is 8.23. The second kappa shape index (κ2) is 16.0. The van der Waals surface area contributed by atoms with E-state index in [4.69, 9.17) is 20.3 Å². The number of ether oxygens (including phenoxy) is 2. The topological polar surface area (TPSA) is 183 Å². The van der Waals surface area contributed by atoms with Crippen LogP contribution in [0.1, 0.15) is 69.9 Å². The van der Waals surface area contributed by atoms with Gasteiger partial charge in [0.2, 0.25) is 11.9 Å². The molecular weight excluding hydrogens is 590 g/mol. The van der Waals surface area contributed by atoms with Gasteiger partial charge in [0.15, 0.2) is 5.82 Å². The number of anilines is 2. The van der Waals surface area contributed by atoms with Gasteiger partial charge in [0.25, 0.3) is 0 Å². The van der Waals surface area contributed by atoms with Gasteiger partial charge in [-0.1, -0.05) is 44.9 Å². The lowest BCUT2D eigenvalue weighted by molar-refractivity contribution is -0.140. The molecule has 0 unspecified atom stereocenters. The summed E-state index contributed by atoms with van der Waals surface area (Å²) in [5.41, 5.74) is 8.61. The number of carboxylic acid groups (broad SMARTS) is 1. The van der Waals surface area contributed by atoms with Crippen LogP contribution in [0, 0.1) is 5.41 Å². The first kappa shape index (κ1) is 34.1. The van der Waals surface area contributed by atoms with Crippen LogP contribution in [0.15, 0.2) is 42.6 Å². The molecule has 46 heavy (non-hydrogen) atoms. The molecule has 4 rings (SSSR count). The van der Waals surface area contributed by atoms with Crippen molar-refractivity contribution in [3.8, 4) is 5.75 Å².